The summed E-state index contributed by atoms with van der Waals surface area (Å²) in [7, 11) is 0. The molecule has 2 N–H and O–H groups in total. The normalized spacial score (nSPS) is 10.6. The van der Waals surface area contributed by atoms with Crippen molar-refractivity contribution in [2.75, 3.05) is 26.3 Å². The first-order chi connectivity index (χ1) is 8.83. The molecule has 0 aliphatic rings. The third-order valence-electron chi connectivity index (χ3n) is 2.62. The zero-order valence-corrected chi connectivity index (χ0v) is 12.3. The van der Waals surface area contributed by atoms with Gasteiger partial charge in [-0.2, -0.15) is 0 Å². The van der Waals surface area contributed by atoms with Gasteiger partial charge in [0.2, 0.25) is 0 Å². The molecule has 0 amide bonds. The molecule has 0 saturated heterocycles. The van der Waals surface area contributed by atoms with Crippen molar-refractivity contribution < 1.29 is 9.84 Å². The van der Waals surface area contributed by atoms with E-state index < -0.39 is 0 Å². The Morgan fingerprint density at radius 1 is 1.00 bits per heavy atom. The highest BCUT2D eigenvalue weighted by Crippen LogP contribution is 2.15. The third kappa shape index (κ3) is 7.69. The van der Waals surface area contributed by atoms with Crippen molar-refractivity contribution in [3.8, 4) is 5.75 Å². The summed E-state index contributed by atoms with van der Waals surface area (Å²) < 4.78 is 6.66. The molecular weight excluding hydrogens is 294 g/mol. The predicted molar refractivity (Wildman–Crippen MR) is 78.1 cm³/mol. The molecule has 102 valence electrons. The Kier molecular flexibility index (Phi) is 8.90. The maximum Gasteiger partial charge on any atom is 0.119 e. The lowest BCUT2D eigenvalue weighted by Crippen LogP contribution is -2.22. The molecule has 0 aliphatic carbocycles. The summed E-state index contributed by atoms with van der Waals surface area (Å²) in [5.74, 6) is 0.906. The second-order valence-electron chi connectivity index (χ2n) is 4.19. The number of nitrogens with one attached hydrogen (secondary N) is 1. The SMILES string of the molecule is OCCCCCCNCCOc1ccc(Br)cc1. The van der Waals surface area contributed by atoms with Crippen LogP contribution in [-0.4, -0.2) is 31.4 Å². The van der Waals surface area contributed by atoms with Gasteiger partial charge in [0.1, 0.15) is 12.4 Å². The number of aliphatic hydroxyl groups is 1. The molecule has 0 aliphatic heterocycles. The molecule has 0 spiro atoms. The molecule has 0 aromatic heterocycles. The lowest BCUT2D eigenvalue weighted by molar-refractivity contribution is 0.282. The highest BCUT2D eigenvalue weighted by Gasteiger charge is 1.94. The van der Waals surface area contributed by atoms with E-state index in [1.165, 1.54) is 6.42 Å². The van der Waals surface area contributed by atoms with Crippen LogP contribution in [0.5, 0.6) is 5.75 Å². The van der Waals surface area contributed by atoms with Crippen LogP contribution in [0.4, 0.5) is 0 Å². The van der Waals surface area contributed by atoms with Gasteiger partial charge in [-0.15, -0.1) is 0 Å². The Morgan fingerprint density at radius 2 is 1.72 bits per heavy atom. The quantitative estimate of drug-likeness (QED) is 0.652. The zero-order valence-electron chi connectivity index (χ0n) is 10.7. The minimum atomic E-state index is 0.314. The number of halogens is 1. The third-order valence-corrected chi connectivity index (χ3v) is 3.15. The largest absolute Gasteiger partial charge is 0.492 e. The van der Waals surface area contributed by atoms with E-state index in [0.717, 1.165) is 42.6 Å². The summed E-state index contributed by atoms with van der Waals surface area (Å²) in [5, 5.41) is 12.0. The van der Waals surface area contributed by atoms with Gasteiger partial charge in [0.15, 0.2) is 0 Å². The average molecular weight is 316 g/mol. The van der Waals surface area contributed by atoms with Crippen molar-refractivity contribution >= 4 is 15.9 Å². The zero-order chi connectivity index (χ0) is 13.1. The number of hydrogen-bond acceptors (Lipinski definition) is 3. The molecule has 0 fully saturated rings. The second-order valence-corrected chi connectivity index (χ2v) is 5.11. The summed E-state index contributed by atoms with van der Waals surface area (Å²) in [6, 6.07) is 7.87. The van der Waals surface area contributed by atoms with Crippen LogP contribution in [0.1, 0.15) is 25.7 Å². The molecule has 1 aromatic carbocycles. The predicted octanol–water partition coefficient (Wildman–Crippen LogP) is 2.97. The van der Waals surface area contributed by atoms with Crippen LogP contribution in [0, 0.1) is 0 Å². The first-order valence-electron chi connectivity index (χ1n) is 6.53. The average Bonchev–Trinajstić information content (AvgIpc) is 2.39. The highest BCUT2D eigenvalue weighted by atomic mass is 79.9. The monoisotopic (exact) mass is 315 g/mol. The van der Waals surface area contributed by atoms with Gasteiger partial charge in [0.25, 0.3) is 0 Å². The summed E-state index contributed by atoms with van der Waals surface area (Å²) in [6.45, 7) is 2.90. The number of aliphatic hydroxyl groups excluding tert-OH is 1. The van der Waals surface area contributed by atoms with E-state index in [0.29, 0.717) is 13.2 Å². The number of unbranched alkanes of at least 4 members (excludes halogenated alkanes) is 3. The first kappa shape index (κ1) is 15.5. The Labute approximate surface area is 118 Å². The van der Waals surface area contributed by atoms with Crippen LogP contribution < -0.4 is 10.1 Å². The molecule has 18 heavy (non-hydrogen) atoms. The van der Waals surface area contributed by atoms with Gasteiger partial charge in [-0.05, 0) is 43.7 Å². The molecule has 3 nitrogen and oxygen atoms in total. The van der Waals surface area contributed by atoms with E-state index >= 15 is 0 Å². The highest BCUT2D eigenvalue weighted by molar-refractivity contribution is 9.10. The molecular formula is C14H22BrNO2. The smallest absolute Gasteiger partial charge is 0.119 e. The van der Waals surface area contributed by atoms with Gasteiger partial charge in [-0.3, -0.25) is 0 Å². The van der Waals surface area contributed by atoms with Gasteiger partial charge in [0, 0.05) is 17.6 Å². The lowest BCUT2D eigenvalue weighted by Gasteiger charge is -2.07. The Morgan fingerprint density at radius 3 is 2.44 bits per heavy atom. The summed E-state index contributed by atoms with van der Waals surface area (Å²) >= 11 is 3.39. The van der Waals surface area contributed by atoms with Crippen molar-refractivity contribution in [2.45, 2.75) is 25.7 Å². The standard InChI is InChI=1S/C14H22BrNO2/c15-13-5-7-14(8-6-13)18-12-10-16-9-3-1-2-4-11-17/h5-8,16-17H,1-4,9-12H2. The summed E-state index contributed by atoms with van der Waals surface area (Å²) in [5.41, 5.74) is 0. The summed E-state index contributed by atoms with van der Waals surface area (Å²) in [6.07, 6.45) is 4.39. The first-order valence-corrected chi connectivity index (χ1v) is 7.32. The van der Waals surface area contributed by atoms with Crippen LogP contribution in [0.25, 0.3) is 0 Å². The molecule has 0 heterocycles. The van der Waals surface area contributed by atoms with Gasteiger partial charge in [-0.1, -0.05) is 28.8 Å². The molecule has 0 unspecified atom stereocenters. The van der Waals surface area contributed by atoms with E-state index in [4.69, 9.17) is 9.84 Å². The number of rotatable bonds is 10. The van der Waals surface area contributed by atoms with Gasteiger partial charge in [0.05, 0.1) is 0 Å². The topological polar surface area (TPSA) is 41.5 Å². The van der Waals surface area contributed by atoms with Crippen molar-refractivity contribution in [1.29, 1.82) is 0 Å². The Bertz CT molecular complexity index is 303. The Balaban J connectivity index is 1.91. The van der Waals surface area contributed by atoms with E-state index in [1.807, 2.05) is 24.3 Å². The summed E-state index contributed by atoms with van der Waals surface area (Å²) in [4.78, 5) is 0. The second kappa shape index (κ2) is 10.4. The van der Waals surface area contributed by atoms with E-state index in [2.05, 4.69) is 21.2 Å². The molecule has 4 heteroatoms. The lowest BCUT2D eigenvalue weighted by atomic mass is 10.2. The number of benzene rings is 1. The molecule has 0 radical (unpaired) electrons. The van der Waals surface area contributed by atoms with Gasteiger partial charge in [-0.25, -0.2) is 0 Å². The fourth-order valence-electron chi connectivity index (χ4n) is 1.61. The fraction of sp³-hybridized carbons (Fsp3) is 0.571. The van der Waals surface area contributed by atoms with Crippen LogP contribution in [0.3, 0.4) is 0 Å². The van der Waals surface area contributed by atoms with Crippen molar-refractivity contribution in [2.24, 2.45) is 0 Å². The van der Waals surface area contributed by atoms with Gasteiger partial charge >= 0.3 is 0 Å². The van der Waals surface area contributed by atoms with E-state index in [9.17, 15) is 0 Å². The van der Waals surface area contributed by atoms with Crippen molar-refractivity contribution in [3.05, 3.63) is 28.7 Å². The molecule has 0 bridgehead atoms. The molecule has 1 aromatic rings. The minimum absolute atomic E-state index is 0.314. The van der Waals surface area contributed by atoms with E-state index in [1.54, 1.807) is 0 Å². The number of ether oxygens (including phenoxy) is 1. The maximum atomic E-state index is 8.63. The van der Waals surface area contributed by atoms with Crippen LogP contribution in [0.2, 0.25) is 0 Å². The number of hydrogen-bond donors (Lipinski definition) is 2. The van der Waals surface area contributed by atoms with E-state index in [-0.39, 0.29) is 0 Å². The molecule has 0 saturated carbocycles. The Hall–Kier alpha value is -0.580. The van der Waals surface area contributed by atoms with Gasteiger partial charge < -0.3 is 15.2 Å². The minimum Gasteiger partial charge on any atom is -0.492 e. The van der Waals surface area contributed by atoms with Crippen LogP contribution in [0.15, 0.2) is 28.7 Å². The molecule has 0 atom stereocenters. The van der Waals surface area contributed by atoms with Crippen LogP contribution in [-0.2, 0) is 0 Å². The maximum absolute atomic E-state index is 8.63. The molecule has 1 rings (SSSR count). The van der Waals surface area contributed by atoms with Crippen molar-refractivity contribution in [1.82, 2.24) is 5.32 Å². The van der Waals surface area contributed by atoms with Crippen LogP contribution >= 0.6 is 15.9 Å². The fourth-order valence-corrected chi connectivity index (χ4v) is 1.88. The van der Waals surface area contributed by atoms with Crippen molar-refractivity contribution in [3.63, 3.8) is 0 Å².